The largest absolute Gasteiger partial charge is 0.321 e. The van der Waals surface area contributed by atoms with Gasteiger partial charge in [-0.25, -0.2) is 22.0 Å². The summed E-state index contributed by atoms with van der Waals surface area (Å²) in [5, 5.41) is 11.0. The molecule has 3 rings (SSSR count). The number of halogens is 6. The fourth-order valence-electron chi connectivity index (χ4n) is 2.98. The maximum Gasteiger partial charge on any atom is 0.249 e. The second kappa shape index (κ2) is 8.40. The number of aryl methyl sites for hydroxylation is 2. The summed E-state index contributed by atoms with van der Waals surface area (Å²) in [6.07, 6.45) is 1.64. The van der Waals surface area contributed by atoms with Crippen molar-refractivity contribution in [3.63, 3.8) is 0 Å². The number of aromatic nitrogens is 4. The minimum absolute atomic E-state index is 0.267. The minimum Gasteiger partial charge on any atom is -0.321 e. The highest BCUT2D eigenvalue weighted by Crippen LogP contribution is 2.27. The summed E-state index contributed by atoms with van der Waals surface area (Å²) >= 11 is 3.32. The lowest BCUT2D eigenvalue weighted by Gasteiger charge is -2.13. The van der Waals surface area contributed by atoms with Crippen molar-refractivity contribution in [2.75, 3.05) is 5.32 Å². The molecule has 1 N–H and O–H groups in total. The van der Waals surface area contributed by atoms with Gasteiger partial charge in [-0.2, -0.15) is 10.2 Å². The Morgan fingerprint density at radius 1 is 1.00 bits per heavy atom. The number of benzene rings is 1. The first kappa shape index (κ1) is 22.9. The predicted octanol–water partition coefficient (Wildman–Crippen LogP) is 4.71. The molecule has 12 heteroatoms. The molecule has 2 heterocycles. The Morgan fingerprint density at radius 2 is 1.55 bits per heavy atom. The van der Waals surface area contributed by atoms with Crippen molar-refractivity contribution in [3.8, 4) is 0 Å². The van der Waals surface area contributed by atoms with Gasteiger partial charge in [0.15, 0.2) is 23.3 Å². The Hall–Kier alpha value is -2.76. The molecule has 0 bridgehead atoms. The first-order valence-corrected chi connectivity index (χ1v) is 9.79. The molecule has 0 spiro atoms. The number of anilines is 1. The second-order valence-electron chi connectivity index (χ2n) is 6.96. The highest BCUT2D eigenvalue weighted by atomic mass is 79.9. The zero-order chi connectivity index (χ0) is 23.2. The van der Waals surface area contributed by atoms with Crippen LogP contribution in [0.15, 0.2) is 10.7 Å². The Kier molecular flexibility index (Phi) is 6.21. The molecule has 0 radical (unpaired) electrons. The Labute approximate surface area is 182 Å². The molecule has 0 saturated carbocycles. The molecule has 1 atom stereocenters. The van der Waals surface area contributed by atoms with E-state index in [0.29, 0.717) is 11.4 Å². The van der Waals surface area contributed by atoms with Gasteiger partial charge in [0, 0.05) is 6.20 Å². The van der Waals surface area contributed by atoms with Crippen molar-refractivity contribution in [1.82, 2.24) is 19.6 Å². The summed E-state index contributed by atoms with van der Waals surface area (Å²) in [5.41, 5.74) is 0.524. The summed E-state index contributed by atoms with van der Waals surface area (Å²) in [5.74, 6) is -10.6. The Bertz CT molecular complexity index is 1140. The third kappa shape index (κ3) is 4.08. The van der Waals surface area contributed by atoms with Crippen LogP contribution in [0.1, 0.15) is 35.6 Å². The Morgan fingerprint density at radius 3 is 2.06 bits per heavy atom. The molecule has 1 amide bonds. The van der Waals surface area contributed by atoms with Gasteiger partial charge < -0.3 is 5.32 Å². The summed E-state index contributed by atoms with van der Waals surface area (Å²) in [6.45, 7) is 5.72. The summed E-state index contributed by atoms with van der Waals surface area (Å²) in [4.78, 5) is 12.7. The van der Waals surface area contributed by atoms with Crippen LogP contribution >= 0.6 is 15.9 Å². The molecule has 3 aromatic rings. The van der Waals surface area contributed by atoms with E-state index in [2.05, 4.69) is 31.4 Å². The van der Waals surface area contributed by atoms with E-state index in [-0.39, 0.29) is 11.4 Å². The van der Waals surface area contributed by atoms with Crippen molar-refractivity contribution in [1.29, 1.82) is 0 Å². The van der Waals surface area contributed by atoms with Crippen molar-refractivity contribution >= 4 is 27.5 Å². The monoisotopic (exact) mass is 505 g/mol. The van der Waals surface area contributed by atoms with E-state index >= 15 is 0 Å². The van der Waals surface area contributed by atoms with Gasteiger partial charge in [-0.3, -0.25) is 14.2 Å². The zero-order valence-electron chi connectivity index (χ0n) is 16.8. The van der Waals surface area contributed by atoms with Crippen LogP contribution in [0.2, 0.25) is 0 Å². The quantitative estimate of drug-likeness (QED) is 0.310. The molecule has 1 aromatic carbocycles. The second-order valence-corrected chi connectivity index (χ2v) is 7.81. The van der Waals surface area contributed by atoms with Crippen LogP contribution in [0.4, 0.5) is 27.6 Å². The van der Waals surface area contributed by atoms with E-state index in [1.807, 2.05) is 0 Å². The number of amides is 1. The summed E-state index contributed by atoms with van der Waals surface area (Å²) in [7, 11) is 0. The number of hydrogen-bond acceptors (Lipinski definition) is 3. The van der Waals surface area contributed by atoms with Crippen molar-refractivity contribution < 1.29 is 26.7 Å². The molecule has 1 unspecified atom stereocenters. The molecule has 166 valence electrons. The number of nitrogens with one attached hydrogen (secondary N) is 1. The lowest BCUT2D eigenvalue weighted by molar-refractivity contribution is -0.119. The average molecular weight is 506 g/mol. The lowest BCUT2D eigenvalue weighted by atomic mass is 10.1. The molecule has 0 saturated heterocycles. The average Bonchev–Trinajstić information content (AvgIpc) is 3.20. The molecule has 2 aromatic heterocycles. The van der Waals surface area contributed by atoms with Gasteiger partial charge in [-0.15, -0.1) is 0 Å². The standard InChI is InChI=1S/C19H17BrF5N5O/c1-7-12(20)6-30(27-7)10(4)19(31)26-18-8(2)28-29(9(18)3)5-11-13(21)15(23)17(25)16(24)14(11)22/h6,10H,5H2,1-4H3,(H,26,31). The molecular weight excluding hydrogens is 489 g/mol. The number of nitrogens with zero attached hydrogens (tertiary/aromatic N) is 4. The predicted molar refractivity (Wildman–Crippen MR) is 105 cm³/mol. The van der Waals surface area contributed by atoms with Gasteiger partial charge >= 0.3 is 0 Å². The number of hydrogen-bond donors (Lipinski definition) is 1. The lowest BCUT2D eigenvalue weighted by Crippen LogP contribution is -2.24. The first-order valence-electron chi connectivity index (χ1n) is 9.00. The highest BCUT2D eigenvalue weighted by Gasteiger charge is 2.27. The molecule has 0 fully saturated rings. The van der Waals surface area contributed by atoms with Crippen LogP contribution in [0.25, 0.3) is 0 Å². The van der Waals surface area contributed by atoms with Crippen LogP contribution in [0, 0.1) is 49.9 Å². The van der Waals surface area contributed by atoms with E-state index in [4.69, 9.17) is 0 Å². The van der Waals surface area contributed by atoms with Crippen molar-refractivity contribution in [2.45, 2.75) is 40.3 Å². The number of carbonyl (C=O) groups excluding carboxylic acids is 1. The maximum atomic E-state index is 14.0. The highest BCUT2D eigenvalue weighted by molar-refractivity contribution is 9.10. The van der Waals surface area contributed by atoms with Crippen molar-refractivity contribution in [3.05, 3.63) is 62.4 Å². The molecule has 6 nitrogen and oxygen atoms in total. The fourth-order valence-corrected chi connectivity index (χ4v) is 3.27. The summed E-state index contributed by atoms with van der Waals surface area (Å²) in [6, 6.07) is -0.692. The Balaban J connectivity index is 1.89. The van der Waals surface area contributed by atoms with Crippen LogP contribution in [0.5, 0.6) is 0 Å². The maximum absolute atomic E-state index is 14.0. The van der Waals surface area contributed by atoms with Gasteiger partial charge in [0.1, 0.15) is 6.04 Å². The van der Waals surface area contributed by atoms with E-state index in [1.54, 1.807) is 20.0 Å². The summed E-state index contributed by atoms with van der Waals surface area (Å²) < 4.78 is 71.5. The van der Waals surface area contributed by atoms with Gasteiger partial charge in [0.2, 0.25) is 11.7 Å². The topological polar surface area (TPSA) is 64.7 Å². The van der Waals surface area contributed by atoms with Crippen LogP contribution in [-0.4, -0.2) is 25.5 Å². The van der Waals surface area contributed by atoms with E-state index < -0.39 is 53.1 Å². The SMILES string of the molecule is Cc1nn(C(C)C(=O)Nc2c(C)nn(Cc3c(F)c(F)c(F)c(F)c3F)c2C)cc1Br. The van der Waals surface area contributed by atoms with Gasteiger partial charge in [0.05, 0.1) is 39.4 Å². The van der Waals surface area contributed by atoms with Crippen LogP contribution in [0.3, 0.4) is 0 Å². The van der Waals surface area contributed by atoms with Crippen LogP contribution < -0.4 is 5.32 Å². The smallest absolute Gasteiger partial charge is 0.249 e. The van der Waals surface area contributed by atoms with Crippen LogP contribution in [-0.2, 0) is 11.3 Å². The van der Waals surface area contributed by atoms with E-state index in [0.717, 1.165) is 9.15 Å². The van der Waals surface area contributed by atoms with Crippen molar-refractivity contribution in [2.24, 2.45) is 0 Å². The van der Waals surface area contributed by atoms with Gasteiger partial charge in [-0.05, 0) is 43.6 Å². The van der Waals surface area contributed by atoms with Gasteiger partial charge in [-0.1, -0.05) is 0 Å². The minimum atomic E-state index is -2.23. The fraction of sp³-hybridized carbons (Fsp3) is 0.316. The molecule has 31 heavy (non-hydrogen) atoms. The molecular formula is C19H17BrF5N5O. The number of rotatable bonds is 5. The van der Waals surface area contributed by atoms with E-state index in [9.17, 15) is 26.7 Å². The van der Waals surface area contributed by atoms with Gasteiger partial charge in [0.25, 0.3) is 0 Å². The third-order valence-electron chi connectivity index (χ3n) is 4.87. The normalized spacial score (nSPS) is 12.3. The number of carbonyl (C=O) groups is 1. The molecule has 0 aliphatic carbocycles. The first-order chi connectivity index (χ1) is 14.4. The molecule has 0 aliphatic heterocycles. The van der Waals surface area contributed by atoms with E-state index in [1.165, 1.54) is 18.5 Å². The molecule has 0 aliphatic rings. The third-order valence-corrected chi connectivity index (χ3v) is 5.65. The zero-order valence-corrected chi connectivity index (χ0v) is 18.4.